The number of carbonyl (C=O) groups excluding carboxylic acids is 3. The molecule has 1 saturated heterocycles. The minimum Gasteiger partial charge on any atom is -0.497 e. The first-order valence-electron chi connectivity index (χ1n) is 13.7. The zero-order chi connectivity index (χ0) is 30.5. The minimum atomic E-state index is -3.96. The summed E-state index contributed by atoms with van der Waals surface area (Å²) in [5, 5.41) is 5.38. The number of likely N-dealkylation sites (N-methyl/N-ethyl adjacent to an activating group) is 1. The molecule has 3 rings (SSSR count). The number of alkyl carbamates (subject to hydrolysis) is 1. The molecule has 1 aliphatic rings. The van der Waals surface area contributed by atoms with Gasteiger partial charge >= 0.3 is 6.09 Å². The summed E-state index contributed by atoms with van der Waals surface area (Å²) in [4.78, 5) is 44.2. The fourth-order valence-corrected chi connectivity index (χ4v) is 5.39. The van der Waals surface area contributed by atoms with Crippen LogP contribution in [-0.4, -0.2) is 76.0 Å². The fraction of sp³-hybridized carbons (Fsp3) is 0.429. The Morgan fingerprint density at radius 2 is 1.83 bits per heavy atom. The summed E-state index contributed by atoms with van der Waals surface area (Å²) in [5.74, 6) is -0.462. The monoisotopic (exact) mass is 602 g/mol. The first-order valence-corrected chi connectivity index (χ1v) is 15.1. The van der Waals surface area contributed by atoms with E-state index in [4.69, 9.17) is 15.2 Å². The predicted molar refractivity (Wildman–Crippen MR) is 156 cm³/mol. The lowest BCUT2D eigenvalue weighted by molar-refractivity contribution is -0.140. The smallest absolute Gasteiger partial charge is 0.408 e. The lowest BCUT2D eigenvalue weighted by Crippen LogP contribution is -2.53. The number of methoxy groups -OCH3 is 1. The van der Waals surface area contributed by atoms with E-state index in [9.17, 15) is 22.8 Å². The van der Waals surface area contributed by atoms with Gasteiger partial charge in [-0.1, -0.05) is 30.3 Å². The van der Waals surface area contributed by atoms with Gasteiger partial charge in [-0.2, -0.15) is 0 Å². The van der Waals surface area contributed by atoms with Crippen molar-refractivity contribution in [2.75, 3.05) is 26.7 Å². The van der Waals surface area contributed by atoms with Crippen LogP contribution in [0, 0.1) is 0 Å². The first-order chi connectivity index (χ1) is 20.1. The number of ether oxygens (including phenoxy) is 2. The Labute approximate surface area is 245 Å². The molecule has 3 amide bonds. The third-order valence-electron chi connectivity index (χ3n) is 6.53. The summed E-state index contributed by atoms with van der Waals surface area (Å²) in [6, 6.07) is 13.3. The van der Waals surface area contributed by atoms with Gasteiger partial charge < -0.3 is 30.7 Å². The second-order valence-corrected chi connectivity index (χ2v) is 11.2. The Bertz CT molecular complexity index is 1340. The molecule has 0 spiro atoms. The Balaban J connectivity index is 1.63. The number of amides is 3. The number of hydrogen-bond donors (Lipinski definition) is 4. The lowest BCUT2D eigenvalue weighted by atomic mass is 10.1. The molecule has 5 N–H and O–H groups in total. The molecule has 0 unspecified atom stereocenters. The van der Waals surface area contributed by atoms with Gasteiger partial charge in [0.05, 0.1) is 12.0 Å². The van der Waals surface area contributed by atoms with Crippen molar-refractivity contribution >= 4 is 33.9 Å². The number of nitrogens with one attached hydrogen (secondary N) is 3. The van der Waals surface area contributed by atoms with Crippen molar-refractivity contribution in [3.05, 3.63) is 60.2 Å². The van der Waals surface area contributed by atoms with Crippen molar-refractivity contribution in [1.29, 1.82) is 0 Å². The molecule has 0 saturated carbocycles. The van der Waals surface area contributed by atoms with Gasteiger partial charge in [-0.05, 0) is 62.4 Å². The highest BCUT2D eigenvalue weighted by molar-refractivity contribution is 7.90. The van der Waals surface area contributed by atoms with Gasteiger partial charge in [0.2, 0.25) is 17.8 Å². The second-order valence-electron chi connectivity index (χ2n) is 9.53. The molecule has 13 nitrogen and oxygen atoms in total. The molecule has 228 valence electrons. The zero-order valence-corrected chi connectivity index (χ0v) is 24.6. The van der Waals surface area contributed by atoms with Gasteiger partial charge in [-0.25, -0.2) is 17.9 Å². The molecular formula is C28H38N6O7S. The highest BCUT2D eigenvalue weighted by Crippen LogP contribution is 2.20. The number of carbonyl (C=O) groups is 3. The molecule has 1 fully saturated rings. The van der Waals surface area contributed by atoms with Crippen LogP contribution in [0.25, 0.3) is 0 Å². The Morgan fingerprint density at radius 3 is 2.50 bits per heavy atom. The topological polar surface area (TPSA) is 182 Å². The summed E-state index contributed by atoms with van der Waals surface area (Å²) in [5.41, 5.74) is 6.60. The number of rotatable bonds is 13. The average molecular weight is 603 g/mol. The molecule has 0 bridgehead atoms. The van der Waals surface area contributed by atoms with Crippen LogP contribution in [0.3, 0.4) is 0 Å². The average Bonchev–Trinajstić information content (AvgIpc) is 3.48. The number of guanidine groups is 1. The van der Waals surface area contributed by atoms with Crippen LogP contribution < -0.4 is 25.8 Å². The van der Waals surface area contributed by atoms with E-state index in [1.807, 2.05) is 30.3 Å². The fourth-order valence-electron chi connectivity index (χ4n) is 4.44. The number of likely N-dealkylation sites (tertiary alicyclic amines) is 1. The van der Waals surface area contributed by atoms with Gasteiger partial charge in [-0.15, -0.1) is 0 Å². The molecule has 0 aromatic heterocycles. The highest BCUT2D eigenvalue weighted by atomic mass is 32.2. The number of aliphatic imine (C=N–C) groups is 1. The normalized spacial score (nSPS) is 15.9. The first kappa shape index (κ1) is 32.2. The number of benzene rings is 2. The Hall–Kier alpha value is -4.33. The summed E-state index contributed by atoms with van der Waals surface area (Å²) >= 11 is 0. The summed E-state index contributed by atoms with van der Waals surface area (Å²) in [7, 11) is -2.49. The molecular weight excluding hydrogens is 564 g/mol. The third-order valence-corrected chi connectivity index (χ3v) is 7.90. The molecule has 1 aliphatic heterocycles. The van der Waals surface area contributed by atoms with E-state index in [1.54, 1.807) is 6.92 Å². The van der Waals surface area contributed by atoms with Crippen LogP contribution in [0.1, 0.15) is 38.2 Å². The molecule has 14 heteroatoms. The predicted octanol–water partition coefficient (Wildman–Crippen LogP) is 1.49. The van der Waals surface area contributed by atoms with E-state index in [1.165, 1.54) is 36.3 Å². The maximum atomic E-state index is 13.5. The van der Waals surface area contributed by atoms with Gasteiger partial charge in [0.25, 0.3) is 10.0 Å². The molecule has 2 aromatic rings. The van der Waals surface area contributed by atoms with Gasteiger partial charge in [0.1, 0.15) is 24.4 Å². The van der Waals surface area contributed by atoms with Gasteiger partial charge in [0.15, 0.2) is 0 Å². The van der Waals surface area contributed by atoms with E-state index in [0.717, 1.165) is 5.56 Å². The maximum Gasteiger partial charge on any atom is 0.408 e. The van der Waals surface area contributed by atoms with Crippen molar-refractivity contribution in [3.63, 3.8) is 0 Å². The standard InChI is InChI=1S/C28H38N6O7S/c1-3-30-25(35)24-12-8-18-34(24)26(36)23(32-28(37)41-19-20-9-5-4-6-10-20)11-7-17-31-27(29)33-42(38,39)22-15-13-21(40-2)14-16-22/h4-6,9-10,13-16,23-24H,3,7-8,11-12,17-19H2,1-2H3,(H,30,35)(H,32,37)(H3,29,31,33)/t23-,24-/m0/s1. The van der Waals surface area contributed by atoms with Crippen LogP contribution in [0.2, 0.25) is 0 Å². The van der Waals surface area contributed by atoms with Crippen molar-refractivity contribution < 1.29 is 32.3 Å². The number of sulfonamides is 1. The van der Waals surface area contributed by atoms with Crippen LogP contribution in [0.15, 0.2) is 64.5 Å². The zero-order valence-electron chi connectivity index (χ0n) is 23.7. The van der Waals surface area contributed by atoms with Crippen molar-refractivity contribution in [2.45, 2.75) is 56.2 Å². The van der Waals surface area contributed by atoms with Crippen LogP contribution in [0.5, 0.6) is 5.75 Å². The molecule has 0 aliphatic carbocycles. The SMILES string of the molecule is CCNC(=O)[C@@H]1CCCN1C(=O)[C@H](CCCN=C(N)NS(=O)(=O)c1ccc(OC)cc1)NC(=O)OCc1ccccc1. The van der Waals surface area contributed by atoms with Crippen molar-refractivity contribution in [3.8, 4) is 5.75 Å². The van der Waals surface area contributed by atoms with Crippen LogP contribution in [0.4, 0.5) is 4.79 Å². The maximum absolute atomic E-state index is 13.5. The van der Waals surface area contributed by atoms with Gasteiger partial charge in [0, 0.05) is 19.6 Å². The summed E-state index contributed by atoms with van der Waals surface area (Å²) < 4.78 is 37.7. The van der Waals surface area contributed by atoms with E-state index in [-0.39, 0.29) is 42.8 Å². The molecule has 2 atom stereocenters. The highest BCUT2D eigenvalue weighted by Gasteiger charge is 2.37. The Kier molecular flexibility index (Phi) is 12.0. The second kappa shape index (κ2) is 15.6. The van der Waals surface area contributed by atoms with Crippen LogP contribution >= 0.6 is 0 Å². The number of hydrogen-bond acceptors (Lipinski definition) is 8. The molecule has 42 heavy (non-hydrogen) atoms. The van der Waals surface area contributed by atoms with Crippen LogP contribution in [-0.2, 0) is 31.0 Å². The van der Waals surface area contributed by atoms with Gasteiger partial charge in [-0.3, -0.25) is 14.6 Å². The summed E-state index contributed by atoms with van der Waals surface area (Å²) in [6.45, 7) is 2.72. The lowest BCUT2D eigenvalue weighted by Gasteiger charge is -2.28. The number of nitrogens with zero attached hydrogens (tertiary/aromatic N) is 2. The molecule has 1 heterocycles. The largest absolute Gasteiger partial charge is 0.497 e. The number of nitrogens with two attached hydrogens (primary N) is 1. The molecule has 2 aromatic carbocycles. The van der Waals surface area contributed by atoms with Crippen molar-refractivity contribution in [1.82, 2.24) is 20.3 Å². The minimum absolute atomic E-state index is 0.0161. The molecule has 0 radical (unpaired) electrons. The summed E-state index contributed by atoms with van der Waals surface area (Å²) in [6.07, 6.45) is 0.840. The van der Waals surface area contributed by atoms with E-state index in [0.29, 0.717) is 31.7 Å². The Morgan fingerprint density at radius 1 is 1.12 bits per heavy atom. The van der Waals surface area contributed by atoms with E-state index >= 15 is 0 Å². The quantitative estimate of drug-likeness (QED) is 0.151. The van der Waals surface area contributed by atoms with Crippen molar-refractivity contribution in [2.24, 2.45) is 10.7 Å². The van der Waals surface area contributed by atoms with E-state index in [2.05, 4.69) is 20.3 Å². The van der Waals surface area contributed by atoms with E-state index < -0.39 is 34.1 Å². The third kappa shape index (κ3) is 9.36.